The van der Waals surface area contributed by atoms with E-state index in [1.165, 1.54) is 25.3 Å². The zero-order valence-electron chi connectivity index (χ0n) is 6.93. The molecule has 1 aromatic rings. The summed E-state index contributed by atoms with van der Waals surface area (Å²) in [5.74, 6) is 0.656. The Labute approximate surface area is 76.0 Å². The third kappa shape index (κ3) is 2.57. The van der Waals surface area contributed by atoms with Gasteiger partial charge in [0.25, 0.3) is 0 Å². The van der Waals surface area contributed by atoms with E-state index in [0.717, 1.165) is 0 Å². The van der Waals surface area contributed by atoms with Crippen molar-refractivity contribution in [3.05, 3.63) is 18.2 Å². The third-order valence-electron chi connectivity index (χ3n) is 1.39. The van der Waals surface area contributed by atoms with Crippen molar-refractivity contribution in [2.24, 2.45) is 0 Å². The molecule has 5 nitrogen and oxygen atoms in total. The van der Waals surface area contributed by atoms with E-state index in [1.807, 2.05) is 0 Å². The molecule has 3 N–H and O–H groups in total. The van der Waals surface area contributed by atoms with Gasteiger partial charge in [-0.2, -0.15) is 0 Å². The standard InChI is InChI=1S/C7H8NO4P/c1-11-7-4-5(12-13(9)10)2-3-6(7)8/h2-4H,8H2,1H3/p+1. The molecule has 0 spiro atoms. The summed E-state index contributed by atoms with van der Waals surface area (Å²) in [6.07, 6.45) is 0. The van der Waals surface area contributed by atoms with Crippen molar-refractivity contribution >= 4 is 13.9 Å². The Morgan fingerprint density at radius 3 is 2.77 bits per heavy atom. The van der Waals surface area contributed by atoms with Crippen LogP contribution in [0, 0.1) is 0 Å². The molecule has 0 aliphatic rings. The Bertz CT molecular complexity index is 328. The van der Waals surface area contributed by atoms with E-state index in [9.17, 15) is 4.57 Å². The summed E-state index contributed by atoms with van der Waals surface area (Å²) in [6, 6.07) is 4.47. The second-order valence-electron chi connectivity index (χ2n) is 2.23. The van der Waals surface area contributed by atoms with Crippen molar-refractivity contribution < 1.29 is 18.7 Å². The minimum Gasteiger partial charge on any atom is -0.494 e. The Balaban J connectivity index is 2.92. The number of hydrogen-bond donors (Lipinski definition) is 2. The minimum atomic E-state index is -2.65. The summed E-state index contributed by atoms with van der Waals surface area (Å²) < 4.78 is 19.7. The zero-order valence-corrected chi connectivity index (χ0v) is 7.82. The van der Waals surface area contributed by atoms with Crippen LogP contribution in [-0.4, -0.2) is 12.0 Å². The molecule has 6 heteroatoms. The van der Waals surface area contributed by atoms with Gasteiger partial charge in [-0.15, -0.1) is 4.89 Å². The van der Waals surface area contributed by atoms with Crippen molar-refractivity contribution in [3.8, 4) is 11.5 Å². The fourth-order valence-corrected chi connectivity index (χ4v) is 1.13. The molecule has 0 saturated heterocycles. The molecule has 13 heavy (non-hydrogen) atoms. The van der Waals surface area contributed by atoms with E-state index in [4.69, 9.17) is 15.4 Å². The second-order valence-corrected chi connectivity index (χ2v) is 2.89. The molecule has 0 aliphatic carbocycles. The third-order valence-corrected chi connectivity index (χ3v) is 1.76. The number of nitrogens with two attached hydrogens (primary N) is 1. The maximum absolute atomic E-state index is 10.3. The van der Waals surface area contributed by atoms with Gasteiger partial charge in [0.1, 0.15) is 5.75 Å². The SMILES string of the molecule is COc1cc(O[P+](=O)O)ccc1N. The largest absolute Gasteiger partial charge is 0.747 e. The quantitative estimate of drug-likeness (QED) is 0.570. The molecule has 0 saturated carbocycles. The first kappa shape index (κ1) is 9.77. The molecule has 0 amide bonds. The Morgan fingerprint density at radius 2 is 2.23 bits per heavy atom. The van der Waals surface area contributed by atoms with Gasteiger partial charge in [0.2, 0.25) is 0 Å². The monoisotopic (exact) mass is 202 g/mol. The zero-order chi connectivity index (χ0) is 9.84. The highest BCUT2D eigenvalue weighted by atomic mass is 31.1. The lowest BCUT2D eigenvalue weighted by Crippen LogP contribution is -1.92. The van der Waals surface area contributed by atoms with E-state index < -0.39 is 8.25 Å². The van der Waals surface area contributed by atoms with Gasteiger partial charge in [0.05, 0.1) is 12.8 Å². The number of hydrogen-bond acceptors (Lipinski definition) is 4. The summed E-state index contributed by atoms with van der Waals surface area (Å²) in [5.41, 5.74) is 5.96. The summed E-state index contributed by atoms with van der Waals surface area (Å²) >= 11 is 0. The summed E-state index contributed by atoms with van der Waals surface area (Å²) in [6.45, 7) is 0. The van der Waals surface area contributed by atoms with Gasteiger partial charge in [-0.05, 0) is 12.1 Å². The Morgan fingerprint density at radius 1 is 1.54 bits per heavy atom. The van der Waals surface area contributed by atoms with Gasteiger partial charge in [-0.25, -0.2) is 4.52 Å². The minimum absolute atomic E-state index is 0.245. The Kier molecular flexibility index (Phi) is 3.06. The second kappa shape index (κ2) is 4.07. The lowest BCUT2D eigenvalue weighted by Gasteiger charge is -2.02. The smallest absolute Gasteiger partial charge is 0.494 e. The van der Waals surface area contributed by atoms with E-state index in [2.05, 4.69) is 4.52 Å². The van der Waals surface area contributed by atoms with Crippen LogP contribution < -0.4 is 15.0 Å². The van der Waals surface area contributed by atoms with Crippen molar-refractivity contribution in [3.63, 3.8) is 0 Å². The molecule has 0 aliphatic heterocycles. The van der Waals surface area contributed by atoms with Crippen molar-refractivity contribution in [1.29, 1.82) is 0 Å². The average molecular weight is 202 g/mol. The first-order valence-corrected chi connectivity index (χ1v) is 4.54. The fourth-order valence-electron chi connectivity index (χ4n) is 0.838. The van der Waals surface area contributed by atoms with E-state index >= 15 is 0 Å². The van der Waals surface area contributed by atoms with Crippen LogP contribution in [0.5, 0.6) is 11.5 Å². The first-order chi connectivity index (χ1) is 6.13. The van der Waals surface area contributed by atoms with Crippen LogP contribution in [0.4, 0.5) is 5.69 Å². The van der Waals surface area contributed by atoms with Gasteiger partial charge in [-0.3, -0.25) is 0 Å². The maximum atomic E-state index is 10.3. The number of ether oxygens (including phenoxy) is 1. The van der Waals surface area contributed by atoms with E-state index in [0.29, 0.717) is 11.4 Å². The average Bonchev–Trinajstić information content (AvgIpc) is 2.07. The molecule has 70 valence electrons. The molecular weight excluding hydrogens is 193 g/mol. The highest BCUT2D eigenvalue weighted by Crippen LogP contribution is 2.30. The summed E-state index contributed by atoms with van der Waals surface area (Å²) in [5, 5.41) is 0. The molecule has 0 aromatic heterocycles. The van der Waals surface area contributed by atoms with Gasteiger partial charge in [-0.1, -0.05) is 0 Å². The molecule has 1 aromatic carbocycles. The van der Waals surface area contributed by atoms with Crippen molar-refractivity contribution in [2.75, 3.05) is 12.8 Å². The van der Waals surface area contributed by atoms with Gasteiger partial charge >= 0.3 is 8.25 Å². The number of methoxy groups -OCH3 is 1. The normalized spacial score (nSPS) is 10.8. The lowest BCUT2D eigenvalue weighted by molar-refractivity contribution is 0.401. The summed E-state index contributed by atoms with van der Waals surface area (Å²) in [4.78, 5) is 8.45. The fraction of sp³-hybridized carbons (Fsp3) is 0.143. The van der Waals surface area contributed by atoms with E-state index in [-0.39, 0.29) is 5.75 Å². The number of benzene rings is 1. The Hall–Kier alpha value is -1.32. The van der Waals surface area contributed by atoms with Crippen LogP contribution in [0.1, 0.15) is 0 Å². The van der Waals surface area contributed by atoms with Gasteiger partial charge in [0.15, 0.2) is 5.75 Å². The van der Waals surface area contributed by atoms with Gasteiger partial charge in [0, 0.05) is 10.6 Å². The summed E-state index contributed by atoms with van der Waals surface area (Å²) in [7, 11) is -1.20. The van der Waals surface area contributed by atoms with Crippen LogP contribution >= 0.6 is 8.25 Å². The molecule has 0 bridgehead atoms. The topological polar surface area (TPSA) is 81.8 Å². The number of anilines is 1. The molecule has 1 rings (SSSR count). The van der Waals surface area contributed by atoms with E-state index in [1.54, 1.807) is 0 Å². The molecule has 0 heterocycles. The predicted octanol–water partition coefficient (Wildman–Crippen LogP) is 1.31. The van der Waals surface area contributed by atoms with Crippen LogP contribution in [0.3, 0.4) is 0 Å². The highest BCUT2D eigenvalue weighted by molar-refractivity contribution is 7.32. The van der Waals surface area contributed by atoms with Crippen molar-refractivity contribution in [1.82, 2.24) is 0 Å². The van der Waals surface area contributed by atoms with Crippen molar-refractivity contribution in [2.45, 2.75) is 0 Å². The number of nitrogen functional groups attached to an aromatic ring is 1. The molecule has 1 atom stereocenters. The molecule has 1 unspecified atom stereocenters. The molecular formula is C7H9NO4P+. The van der Waals surface area contributed by atoms with Crippen LogP contribution in [0.15, 0.2) is 18.2 Å². The molecule has 0 radical (unpaired) electrons. The van der Waals surface area contributed by atoms with Crippen LogP contribution in [-0.2, 0) is 4.57 Å². The lowest BCUT2D eigenvalue weighted by atomic mass is 10.3. The highest BCUT2D eigenvalue weighted by Gasteiger charge is 2.15. The first-order valence-electron chi connectivity index (χ1n) is 3.41. The van der Waals surface area contributed by atoms with Gasteiger partial charge < -0.3 is 10.5 Å². The van der Waals surface area contributed by atoms with Crippen LogP contribution in [0.25, 0.3) is 0 Å². The predicted molar refractivity (Wildman–Crippen MR) is 47.9 cm³/mol. The maximum Gasteiger partial charge on any atom is 0.747 e. The molecule has 0 fully saturated rings. The van der Waals surface area contributed by atoms with Crippen LogP contribution in [0.2, 0.25) is 0 Å². The number of rotatable bonds is 3.